The van der Waals surface area contributed by atoms with E-state index in [1.807, 2.05) is 49.4 Å². The highest BCUT2D eigenvalue weighted by molar-refractivity contribution is 6.76. The van der Waals surface area contributed by atoms with Crippen LogP contribution in [0, 0.1) is 11.2 Å². The van der Waals surface area contributed by atoms with Gasteiger partial charge in [-0.05, 0) is 48.9 Å². The molecule has 3 aromatic carbocycles. The fraction of sp³-hybridized carbons (Fsp3) is 0.455. The molecule has 7 nitrogen and oxygen atoms in total. The van der Waals surface area contributed by atoms with E-state index >= 15 is 4.39 Å². The average Bonchev–Trinajstić information content (AvgIpc) is 2.97. The summed E-state index contributed by atoms with van der Waals surface area (Å²) in [6.45, 7) is 9.26. The highest BCUT2D eigenvalue weighted by Gasteiger charge is 2.40. The zero-order valence-corrected chi connectivity index (χ0v) is 26.2. The monoisotopic (exact) mass is 596 g/mol. The smallest absolute Gasteiger partial charge is 0.341 e. The molecule has 0 radical (unpaired) electrons. The van der Waals surface area contributed by atoms with Crippen molar-refractivity contribution >= 4 is 30.8 Å². The van der Waals surface area contributed by atoms with E-state index < -0.39 is 25.3 Å². The van der Waals surface area contributed by atoms with E-state index in [4.69, 9.17) is 23.7 Å². The van der Waals surface area contributed by atoms with Crippen LogP contribution in [0.2, 0.25) is 25.7 Å². The van der Waals surface area contributed by atoms with Gasteiger partial charge >= 0.3 is 11.9 Å². The van der Waals surface area contributed by atoms with Crippen LogP contribution in [0.1, 0.15) is 48.5 Å². The fourth-order valence-electron chi connectivity index (χ4n) is 5.02. The number of methoxy groups -OCH3 is 1. The molecule has 0 unspecified atom stereocenters. The van der Waals surface area contributed by atoms with Crippen LogP contribution in [0.25, 0.3) is 10.8 Å². The van der Waals surface area contributed by atoms with Gasteiger partial charge in [0.2, 0.25) is 0 Å². The summed E-state index contributed by atoms with van der Waals surface area (Å²) in [7, 11) is -0.00741. The summed E-state index contributed by atoms with van der Waals surface area (Å²) in [5, 5.41) is 2.16. The van der Waals surface area contributed by atoms with E-state index in [0.717, 1.165) is 28.4 Å². The molecule has 1 saturated carbocycles. The maximum atomic E-state index is 15.1. The molecule has 4 rings (SSSR count). The highest BCUT2D eigenvalue weighted by atomic mass is 28.3. The van der Waals surface area contributed by atoms with Gasteiger partial charge in [0.05, 0.1) is 18.6 Å². The lowest BCUT2D eigenvalue weighted by atomic mass is 9.74. The average molecular weight is 597 g/mol. The van der Waals surface area contributed by atoms with E-state index in [0.29, 0.717) is 32.3 Å². The Labute approximate surface area is 248 Å². The Morgan fingerprint density at radius 3 is 2.43 bits per heavy atom. The minimum absolute atomic E-state index is 0.0323. The Bertz CT molecular complexity index is 1390. The van der Waals surface area contributed by atoms with Crippen molar-refractivity contribution in [2.75, 3.05) is 20.5 Å². The maximum Gasteiger partial charge on any atom is 0.341 e. The van der Waals surface area contributed by atoms with Gasteiger partial charge in [0.1, 0.15) is 17.9 Å². The summed E-state index contributed by atoms with van der Waals surface area (Å²) in [6.07, 6.45) is 1.83. The first kappa shape index (κ1) is 31.5. The number of carbonyl (C=O) groups is 2. The van der Waals surface area contributed by atoms with Crippen LogP contribution >= 0.6 is 0 Å². The van der Waals surface area contributed by atoms with Crippen molar-refractivity contribution in [3.63, 3.8) is 0 Å². The second kappa shape index (κ2) is 13.7. The van der Waals surface area contributed by atoms with Crippen LogP contribution in [0.4, 0.5) is 4.39 Å². The van der Waals surface area contributed by atoms with Gasteiger partial charge in [0.15, 0.2) is 18.4 Å². The van der Waals surface area contributed by atoms with Gasteiger partial charge in [-0.25, -0.2) is 9.18 Å². The minimum atomic E-state index is -1.26. The van der Waals surface area contributed by atoms with Gasteiger partial charge in [0, 0.05) is 18.7 Å². The third-order valence-electron chi connectivity index (χ3n) is 7.79. The predicted octanol–water partition coefficient (Wildman–Crippen LogP) is 7.53. The number of ether oxygens (including phenoxy) is 5. The van der Waals surface area contributed by atoms with Crippen molar-refractivity contribution in [1.82, 2.24) is 0 Å². The molecule has 42 heavy (non-hydrogen) atoms. The van der Waals surface area contributed by atoms with Crippen LogP contribution < -0.4 is 9.47 Å². The number of benzene rings is 3. The lowest BCUT2D eigenvalue weighted by Crippen LogP contribution is -2.37. The van der Waals surface area contributed by atoms with E-state index in [-0.39, 0.29) is 42.5 Å². The van der Waals surface area contributed by atoms with Crippen LogP contribution in [-0.2, 0) is 25.6 Å². The molecule has 0 bridgehead atoms. The Morgan fingerprint density at radius 2 is 1.71 bits per heavy atom. The van der Waals surface area contributed by atoms with Crippen LogP contribution in [0.5, 0.6) is 11.5 Å². The summed E-state index contributed by atoms with van der Waals surface area (Å²) in [5.74, 6) is -1.59. The number of halogens is 1. The molecule has 227 valence electrons. The third kappa shape index (κ3) is 8.10. The summed E-state index contributed by atoms with van der Waals surface area (Å²) in [4.78, 5) is 25.6. The van der Waals surface area contributed by atoms with E-state index in [1.54, 1.807) is 0 Å². The summed E-state index contributed by atoms with van der Waals surface area (Å²) < 4.78 is 42.8. The van der Waals surface area contributed by atoms with Crippen molar-refractivity contribution in [3.8, 4) is 11.5 Å². The second-order valence-electron chi connectivity index (χ2n) is 12.3. The molecule has 1 aliphatic rings. The summed E-state index contributed by atoms with van der Waals surface area (Å²) in [6, 6.07) is 17.4. The molecular formula is C33H41FO7Si-. The Kier molecular flexibility index (Phi) is 10.3. The predicted molar refractivity (Wildman–Crippen MR) is 162 cm³/mol. The maximum absolute atomic E-state index is 15.1. The Morgan fingerprint density at radius 1 is 1.00 bits per heavy atom. The lowest BCUT2D eigenvalue weighted by Gasteiger charge is -2.35. The molecule has 0 aliphatic heterocycles. The van der Waals surface area contributed by atoms with Gasteiger partial charge in [-0.15, -0.1) is 14.1 Å². The zero-order chi connectivity index (χ0) is 30.3. The second-order valence-corrected chi connectivity index (χ2v) is 18.0. The van der Waals surface area contributed by atoms with Crippen LogP contribution in [-0.4, -0.2) is 46.6 Å². The highest BCUT2D eigenvalue weighted by Crippen LogP contribution is 2.40. The largest absolute Gasteiger partial charge is 0.487 e. The van der Waals surface area contributed by atoms with Crippen LogP contribution in [0.3, 0.4) is 0 Å². The molecule has 0 heterocycles. The van der Waals surface area contributed by atoms with Crippen molar-refractivity contribution in [2.45, 2.75) is 71.0 Å². The first-order chi connectivity index (χ1) is 20.0. The quantitative estimate of drug-likeness (QED) is 0.0925. The first-order valence-electron chi connectivity index (χ1n) is 14.4. The zero-order valence-electron chi connectivity index (χ0n) is 25.2. The van der Waals surface area contributed by atoms with E-state index in [9.17, 15) is 9.59 Å². The van der Waals surface area contributed by atoms with Gasteiger partial charge in [-0.3, -0.25) is 4.79 Å². The topological polar surface area (TPSA) is 80.3 Å². The molecule has 1 fully saturated rings. The Hall–Kier alpha value is -3.43. The van der Waals surface area contributed by atoms with Crippen molar-refractivity contribution in [3.05, 3.63) is 71.5 Å². The molecule has 3 aromatic rings. The summed E-state index contributed by atoms with van der Waals surface area (Å²) >= 11 is 0. The van der Waals surface area contributed by atoms with Gasteiger partial charge < -0.3 is 23.7 Å². The molecule has 0 N–H and O–H groups in total. The number of fused-ring (bicyclic) bond motifs is 1. The molecule has 1 aliphatic carbocycles. The molecule has 0 aromatic heterocycles. The Balaban J connectivity index is 1.34. The van der Waals surface area contributed by atoms with Crippen molar-refractivity contribution in [1.29, 1.82) is 0 Å². The fourth-order valence-corrected chi connectivity index (χ4v) is 5.78. The molecule has 0 atom stereocenters. The van der Waals surface area contributed by atoms with E-state index in [1.165, 1.54) is 13.2 Å². The van der Waals surface area contributed by atoms with Crippen molar-refractivity contribution in [2.24, 2.45) is 5.41 Å². The molecular weight excluding hydrogens is 555 g/mol. The molecule has 0 spiro atoms. The number of hydrogen-bond donors (Lipinski definition) is 0. The van der Waals surface area contributed by atoms with Crippen LogP contribution in [0.15, 0.2) is 54.6 Å². The first-order valence-corrected chi connectivity index (χ1v) is 18.1. The van der Waals surface area contributed by atoms with Gasteiger partial charge in [0.25, 0.3) is 0 Å². The number of esters is 2. The van der Waals surface area contributed by atoms with Gasteiger partial charge in [-0.2, -0.15) is 19.6 Å². The standard InChI is InChI=1S/C33H41FO7Si/c1-33(32(36)39-21-24-11-8-10-23-9-6-7-12-26(23)24)15-13-25(14-16-33)41-30-19-27(31(35)37-2)29(20-28(30)34)40-22-38-17-18-42(3,4)5/h6-12,19-20,25H,13-18,21-22H2,1-5H3/q-1. The lowest BCUT2D eigenvalue weighted by molar-refractivity contribution is -0.159. The number of hydrogen-bond acceptors (Lipinski definition) is 7. The molecule has 0 saturated heterocycles. The van der Waals surface area contributed by atoms with Gasteiger partial charge in [-0.1, -0.05) is 42.5 Å². The third-order valence-corrected chi connectivity index (χ3v) is 9.50. The van der Waals surface area contributed by atoms with E-state index in [2.05, 4.69) is 19.6 Å². The number of rotatable bonds is 12. The summed E-state index contributed by atoms with van der Waals surface area (Å²) in [5.41, 5.74) is 0.359. The SMILES string of the molecule is COC(=O)c1cc(OC2CCC(C)(C(=O)OCc3cccc4ccccc34)CC2)c(F)cc1OCOCC[Si-](C)(C)C. The number of carbonyl (C=O) groups excluding carboxylic acids is 2. The molecule has 0 amide bonds. The normalized spacial score (nSPS) is 18.9. The molecule has 9 heteroatoms. The minimum Gasteiger partial charge on any atom is -0.487 e. The van der Waals surface area contributed by atoms with Crippen molar-refractivity contribution < 1.29 is 37.7 Å².